The molecule has 0 unspecified atom stereocenters. The summed E-state index contributed by atoms with van der Waals surface area (Å²) in [4.78, 5) is 4.44. The summed E-state index contributed by atoms with van der Waals surface area (Å²) in [6.45, 7) is 0. The van der Waals surface area contributed by atoms with Gasteiger partial charge in [-0.05, 0) is 43.9 Å². The van der Waals surface area contributed by atoms with Gasteiger partial charge in [-0.15, -0.1) is 5.10 Å². The van der Waals surface area contributed by atoms with Crippen molar-refractivity contribution in [3.05, 3.63) is 43.0 Å². The number of ether oxygens (including phenoxy) is 1. The van der Waals surface area contributed by atoms with Gasteiger partial charge in [-0.1, -0.05) is 11.5 Å². The summed E-state index contributed by atoms with van der Waals surface area (Å²) in [5, 5.41) is 24.9. The molecule has 0 spiro atoms. The normalized spacial score (nSPS) is 23.5. The lowest BCUT2D eigenvalue weighted by Crippen LogP contribution is -2.51. The minimum Gasteiger partial charge on any atom is -0.459 e. The molecular weight excluding hydrogens is 380 g/mol. The van der Waals surface area contributed by atoms with Crippen molar-refractivity contribution in [3.63, 3.8) is 0 Å². The van der Waals surface area contributed by atoms with E-state index in [1.807, 2.05) is 24.4 Å². The van der Waals surface area contributed by atoms with Gasteiger partial charge >= 0.3 is 6.01 Å². The summed E-state index contributed by atoms with van der Waals surface area (Å²) >= 11 is 0. The van der Waals surface area contributed by atoms with E-state index in [4.69, 9.17) is 4.74 Å². The van der Waals surface area contributed by atoms with Crippen LogP contribution in [0.15, 0.2) is 43.0 Å². The summed E-state index contributed by atoms with van der Waals surface area (Å²) in [5.74, 6) is 0. The molecule has 5 heterocycles. The summed E-state index contributed by atoms with van der Waals surface area (Å²) < 4.78 is 7.87. The maximum absolute atomic E-state index is 6.07. The van der Waals surface area contributed by atoms with Gasteiger partial charge in [-0.2, -0.15) is 10.2 Å². The molecule has 3 aromatic heterocycles. The molecular formula is C21H22N8O. The molecule has 2 fully saturated rings. The number of aromatic amines is 1. The van der Waals surface area contributed by atoms with Gasteiger partial charge < -0.3 is 10.1 Å². The average Bonchev–Trinajstić information content (AvgIpc) is 3.46. The summed E-state index contributed by atoms with van der Waals surface area (Å²) in [6, 6.07) is 7.33. The van der Waals surface area contributed by atoms with Gasteiger partial charge in [0, 0.05) is 35.4 Å². The van der Waals surface area contributed by atoms with E-state index in [1.54, 1.807) is 23.3 Å². The van der Waals surface area contributed by atoms with E-state index >= 15 is 0 Å². The highest BCUT2D eigenvalue weighted by atomic mass is 16.5. The molecule has 2 aliphatic heterocycles. The molecule has 30 heavy (non-hydrogen) atoms. The number of piperidine rings is 2. The van der Waals surface area contributed by atoms with Crippen LogP contribution in [0, 0.1) is 0 Å². The zero-order valence-electron chi connectivity index (χ0n) is 16.4. The summed E-state index contributed by atoms with van der Waals surface area (Å²) in [6.07, 6.45) is 13.1. The second kappa shape index (κ2) is 7.17. The van der Waals surface area contributed by atoms with Crippen LogP contribution in [0.3, 0.4) is 0 Å². The Balaban J connectivity index is 1.25. The predicted molar refractivity (Wildman–Crippen MR) is 110 cm³/mol. The molecule has 2 bridgehead atoms. The summed E-state index contributed by atoms with van der Waals surface area (Å²) in [5.41, 5.74) is 3.41. The molecule has 9 heteroatoms. The van der Waals surface area contributed by atoms with E-state index in [9.17, 15) is 0 Å². The molecule has 4 aromatic rings. The highest BCUT2D eigenvalue weighted by Crippen LogP contribution is 2.30. The first-order chi connectivity index (χ1) is 14.8. The first-order valence-electron chi connectivity index (χ1n) is 10.4. The third-order valence-electron chi connectivity index (χ3n) is 6.10. The van der Waals surface area contributed by atoms with Crippen LogP contribution in [0.2, 0.25) is 0 Å². The Morgan fingerprint density at radius 2 is 1.97 bits per heavy atom. The SMILES string of the molecule is c1cnn(-c2ccc(-c3cnc(OC4C[C@H]5CCC[C@H](C4)N5)nn3)c3cn[nH]c23)c1. The summed E-state index contributed by atoms with van der Waals surface area (Å²) in [7, 11) is 0. The van der Waals surface area contributed by atoms with E-state index in [0.717, 1.165) is 35.0 Å². The topological polar surface area (TPSA) is 106 Å². The van der Waals surface area contributed by atoms with Gasteiger partial charge in [0.1, 0.15) is 11.8 Å². The standard InChI is InChI=1S/C21H22N8O/c1-3-13-9-15(10-14(4-1)25-13)30-21-22-12-18(26-28-21)16-5-6-19(29-8-2-7-24-29)20-17(16)11-23-27-20/h2,5-8,11-15,25H,1,3-4,9-10H2,(H,23,27)/t13-,14-/m1/s1. The largest absolute Gasteiger partial charge is 0.459 e. The Labute approximate surface area is 172 Å². The van der Waals surface area contributed by atoms with Crippen LogP contribution in [-0.4, -0.2) is 53.3 Å². The molecule has 0 saturated carbocycles. The van der Waals surface area contributed by atoms with Gasteiger partial charge in [0.15, 0.2) is 0 Å². The van der Waals surface area contributed by atoms with Crippen LogP contribution < -0.4 is 10.1 Å². The molecule has 0 amide bonds. The molecule has 6 rings (SSSR count). The smallest absolute Gasteiger partial charge is 0.335 e. The fraction of sp³-hybridized carbons (Fsp3) is 0.381. The van der Waals surface area contributed by atoms with Crippen molar-refractivity contribution in [2.75, 3.05) is 0 Å². The maximum atomic E-state index is 6.07. The Morgan fingerprint density at radius 1 is 1.07 bits per heavy atom. The average molecular weight is 402 g/mol. The molecule has 9 nitrogen and oxygen atoms in total. The van der Waals surface area contributed by atoms with Crippen molar-refractivity contribution >= 4 is 10.9 Å². The lowest BCUT2D eigenvalue weighted by atomic mass is 9.85. The number of hydrogen-bond acceptors (Lipinski definition) is 7. The van der Waals surface area contributed by atoms with Crippen molar-refractivity contribution in [3.8, 4) is 23.0 Å². The number of hydrogen-bond donors (Lipinski definition) is 2. The molecule has 0 aliphatic carbocycles. The number of H-pyrrole nitrogens is 1. The van der Waals surface area contributed by atoms with E-state index < -0.39 is 0 Å². The molecule has 0 radical (unpaired) electrons. The third kappa shape index (κ3) is 3.11. The van der Waals surface area contributed by atoms with Crippen molar-refractivity contribution in [2.24, 2.45) is 0 Å². The Kier molecular flexibility index (Phi) is 4.19. The van der Waals surface area contributed by atoms with Crippen LogP contribution in [0.5, 0.6) is 6.01 Å². The molecule has 2 saturated heterocycles. The number of benzene rings is 1. The van der Waals surface area contributed by atoms with Crippen molar-refractivity contribution in [1.82, 2.24) is 40.5 Å². The molecule has 2 aliphatic rings. The second-order valence-corrected chi connectivity index (χ2v) is 8.07. The fourth-order valence-corrected chi connectivity index (χ4v) is 4.75. The first kappa shape index (κ1) is 17.5. The lowest BCUT2D eigenvalue weighted by Gasteiger charge is -2.39. The van der Waals surface area contributed by atoms with Crippen LogP contribution in [-0.2, 0) is 0 Å². The van der Waals surface area contributed by atoms with Gasteiger partial charge in [-0.3, -0.25) is 5.10 Å². The predicted octanol–water partition coefficient (Wildman–Crippen LogP) is 2.65. The van der Waals surface area contributed by atoms with Crippen molar-refractivity contribution in [1.29, 1.82) is 0 Å². The van der Waals surface area contributed by atoms with E-state index in [2.05, 4.69) is 35.8 Å². The van der Waals surface area contributed by atoms with Crippen molar-refractivity contribution < 1.29 is 4.74 Å². The van der Waals surface area contributed by atoms with Crippen LogP contribution in [0.1, 0.15) is 32.1 Å². The quantitative estimate of drug-likeness (QED) is 0.540. The Bertz CT molecular complexity index is 1140. The van der Waals surface area contributed by atoms with Crippen LogP contribution in [0.25, 0.3) is 27.8 Å². The minimum atomic E-state index is 0.156. The highest BCUT2D eigenvalue weighted by molar-refractivity contribution is 5.97. The van der Waals surface area contributed by atoms with E-state index in [0.29, 0.717) is 23.8 Å². The molecule has 152 valence electrons. The third-order valence-corrected chi connectivity index (χ3v) is 6.10. The molecule has 2 N–H and O–H groups in total. The number of nitrogens with zero attached hydrogens (tertiary/aromatic N) is 6. The lowest BCUT2D eigenvalue weighted by molar-refractivity contribution is 0.0838. The van der Waals surface area contributed by atoms with Gasteiger partial charge in [0.25, 0.3) is 0 Å². The molecule has 1 aromatic carbocycles. The Morgan fingerprint density at radius 3 is 2.73 bits per heavy atom. The number of nitrogens with one attached hydrogen (secondary N) is 2. The zero-order chi connectivity index (χ0) is 19.9. The maximum Gasteiger partial charge on any atom is 0.335 e. The number of rotatable bonds is 4. The second-order valence-electron chi connectivity index (χ2n) is 8.07. The minimum absolute atomic E-state index is 0.156. The fourth-order valence-electron chi connectivity index (χ4n) is 4.75. The molecule has 2 atom stereocenters. The van der Waals surface area contributed by atoms with Gasteiger partial charge in [0.2, 0.25) is 0 Å². The number of fused-ring (bicyclic) bond motifs is 3. The van der Waals surface area contributed by atoms with Crippen molar-refractivity contribution in [2.45, 2.75) is 50.3 Å². The first-order valence-corrected chi connectivity index (χ1v) is 10.4. The Hall–Kier alpha value is -3.33. The van der Waals surface area contributed by atoms with Gasteiger partial charge in [-0.25, -0.2) is 9.67 Å². The van der Waals surface area contributed by atoms with Crippen LogP contribution in [0.4, 0.5) is 0 Å². The van der Waals surface area contributed by atoms with E-state index in [1.165, 1.54) is 19.3 Å². The number of aromatic nitrogens is 7. The monoisotopic (exact) mass is 402 g/mol. The van der Waals surface area contributed by atoms with E-state index in [-0.39, 0.29) is 6.10 Å². The van der Waals surface area contributed by atoms with Crippen LogP contribution >= 0.6 is 0 Å². The van der Waals surface area contributed by atoms with Gasteiger partial charge in [0.05, 0.1) is 23.6 Å². The highest BCUT2D eigenvalue weighted by Gasteiger charge is 2.32. The zero-order valence-corrected chi connectivity index (χ0v) is 16.4.